The van der Waals surface area contributed by atoms with Crippen LogP contribution in [0.2, 0.25) is 0 Å². The van der Waals surface area contributed by atoms with Crippen LogP contribution < -0.4 is 10.6 Å². The average Bonchev–Trinajstić information content (AvgIpc) is 2.70. The molecule has 2 unspecified atom stereocenters. The van der Waals surface area contributed by atoms with Gasteiger partial charge in [0.15, 0.2) is 0 Å². The summed E-state index contributed by atoms with van der Waals surface area (Å²) in [7, 11) is 0. The normalized spacial score (nSPS) is 12.8. The van der Waals surface area contributed by atoms with Crippen LogP contribution in [0, 0.1) is 0 Å². The lowest BCUT2D eigenvalue weighted by atomic mass is 9.95. The van der Waals surface area contributed by atoms with E-state index in [0.717, 1.165) is 24.0 Å². The van der Waals surface area contributed by atoms with Crippen LogP contribution in [-0.2, 0) is 9.59 Å². The molecule has 2 N–H and O–H groups in total. The first kappa shape index (κ1) is 20.7. The summed E-state index contributed by atoms with van der Waals surface area (Å²) in [4.78, 5) is 24.8. The number of nitrogens with one attached hydrogen (secondary N) is 2. The van der Waals surface area contributed by atoms with Gasteiger partial charge in [-0.3, -0.25) is 9.59 Å². The van der Waals surface area contributed by atoms with Gasteiger partial charge in [0, 0.05) is 13.1 Å². The van der Waals surface area contributed by atoms with Crippen molar-refractivity contribution < 1.29 is 9.59 Å². The van der Waals surface area contributed by atoms with Gasteiger partial charge in [-0.1, -0.05) is 74.5 Å². The zero-order valence-electron chi connectivity index (χ0n) is 16.3. The molecule has 0 fully saturated rings. The van der Waals surface area contributed by atoms with Crippen LogP contribution in [0.1, 0.15) is 56.1 Å². The van der Waals surface area contributed by atoms with Gasteiger partial charge in [-0.25, -0.2) is 0 Å². The Kier molecular flexibility index (Phi) is 8.56. The van der Waals surface area contributed by atoms with Crippen LogP contribution in [0.5, 0.6) is 0 Å². The Balaban J connectivity index is 1.73. The predicted molar refractivity (Wildman–Crippen MR) is 110 cm³/mol. The number of amides is 2. The highest BCUT2D eigenvalue weighted by molar-refractivity contribution is 5.84. The summed E-state index contributed by atoms with van der Waals surface area (Å²) < 4.78 is 0. The number of hydrogen-bond donors (Lipinski definition) is 2. The summed E-state index contributed by atoms with van der Waals surface area (Å²) in [6, 6.07) is 19.7. The first-order valence-corrected chi connectivity index (χ1v) is 9.82. The summed E-state index contributed by atoms with van der Waals surface area (Å²) in [5.41, 5.74) is 2.08. The monoisotopic (exact) mass is 366 g/mol. The van der Waals surface area contributed by atoms with Crippen molar-refractivity contribution in [2.24, 2.45) is 0 Å². The second-order valence-electron chi connectivity index (χ2n) is 6.68. The predicted octanol–water partition coefficient (Wildman–Crippen LogP) is 4.00. The van der Waals surface area contributed by atoms with Crippen molar-refractivity contribution in [3.63, 3.8) is 0 Å². The van der Waals surface area contributed by atoms with Crippen molar-refractivity contribution in [1.82, 2.24) is 10.6 Å². The molecule has 0 saturated carbocycles. The topological polar surface area (TPSA) is 58.2 Å². The first-order valence-electron chi connectivity index (χ1n) is 9.82. The Morgan fingerprint density at radius 1 is 0.704 bits per heavy atom. The standard InChI is InChI=1S/C23H30N2O2/c1-3-20(18-12-7-5-8-13-18)22(26)24-16-11-17-25-23(27)21(4-2)19-14-9-6-10-15-19/h5-10,12-15,20-21H,3-4,11,16-17H2,1-2H3,(H,24,26)(H,25,27). The molecule has 0 aliphatic rings. The van der Waals surface area contributed by atoms with Crippen LogP contribution in [0.3, 0.4) is 0 Å². The van der Waals surface area contributed by atoms with Crippen molar-refractivity contribution in [1.29, 1.82) is 0 Å². The Morgan fingerprint density at radius 2 is 1.07 bits per heavy atom. The number of hydrogen-bond acceptors (Lipinski definition) is 2. The van der Waals surface area contributed by atoms with Gasteiger partial charge in [0.05, 0.1) is 11.8 Å². The average molecular weight is 367 g/mol. The minimum Gasteiger partial charge on any atom is -0.356 e. The zero-order valence-corrected chi connectivity index (χ0v) is 16.3. The molecule has 0 aliphatic heterocycles. The number of carbonyl (C=O) groups excluding carboxylic acids is 2. The fraction of sp³-hybridized carbons (Fsp3) is 0.391. The van der Waals surface area contributed by atoms with Crippen LogP contribution in [0.4, 0.5) is 0 Å². The third kappa shape index (κ3) is 6.24. The molecule has 0 aliphatic carbocycles. The Labute approximate surface area is 162 Å². The van der Waals surface area contributed by atoms with E-state index in [9.17, 15) is 9.59 Å². The summed E-state index contributed by atoms with van der Waals surface area (Å²) >= 11 is 0. The van der Waals surface area contributed by atoms with E-state index >= 15 is 0 Å². The molecule has 2 amide bonds. The van der Waals surface area contributed by atoms with E-state index in [2.05, 4.69) is 10.6 Å². The molecule has 27 heavy (non-hydrogen) atoms. The fourth-order valence-corrected chi connectivity index (χ4v) is 3.27. The quantitative estimate of drug-likeness (QED) is 0.625. The van der Waals surface area contributed by atoms with Gasteiger partial charge in [-0.2, -0.15) is 0 Å². The van der Waals surface area contributed by atoms with Crippen molar-refractivity contribution in [3.05, 3.63) is 71.8 Å². The highest BCUT2D eigenvalue weighted by atomic mass is 16.2. The van der Waals surface area contributed by atoms with E-state index in [-0.39, 0.29) is 23.7 Å². The van der Waals surface area contributed by atoms with Gasteiger partial charge >= 0.3 is 0 Å². The van der Waals surface area contributed by atoms with E-state index in [1.54, 1.807) is 0 Å². The maximum absolute atomic E-state index is 12.4. The molecule has 2 rings (SSSR count). The SMILES string of the molecule is CCC(C(=O)NCCCNC(=O)C(CC)c1ccccc1)c1ccccc1. The minimum absolute atomic E-state index is 0.0470. The van der Waals surface area contributed by atoms with Crippen molar-refractivity contribution in [3.8, 4) is 0 Å². The summed E-state index contributed by atoms with van der Waals surface area (Å²) in [5.74, 6) is -0.150. The maximum atomic E-state index is 12.4. The molecule has 2 aromatic rings. The lowest BCUT2D eigenvalue weighted by molar-refractivity contribution is -0.122. The molecule has 0 saturated heterocycles. The van der Waals surface area contributed by atoms with Gasteiger partial charge in [0.2, 0.25) is 11.8 Å². The molecule has 0 spiro atoms. The van der Waals surface area contributed by atoms with Crippen LogP contribution in [-0.4, -0.2) is 24.9 Å². The van der Waals surface area contributed by atoms with E-state index in [1.165, 1.54) is 0 Å². The molecule has 144 valence electrons. The highest BCUT2D eigenvalue weighted by Crippen LogP contribution is 2.20. The molecule has 4 heteroatoms. The van der Waals surface area contributed by atoms with E-state index in [0.29, 0.717) is 19.5 Å². The molecular formula is C23H30N2O2. The summed E-state index contributed by atoms with van der Waals surface area (Å²) in [6.45, 7) is 5.16. The molecule has 2 aromatic carbocycles. The second-order valence-corrected chi connectivity index (χ2v) is 6.68. The van der Waals surface area contributed by atoms with Crippen molar-refractivity contribution in [2.75, 3.05) is 13.1 Å². The van der Waals surface area contributed by atoms with Crippen LogP contribution >= 0.6 is 0 Å². The molecule has 0 aromatic heterocycles. The Morgan fingerprint density at radius 3 is 1.41 bits per heavy atom. The summed E-state index contributed by atoms with van der Waals surface area (Å²) in [5, 5.41) is 5.98. The molecule has 4 nitrogen and oxygen atoms in total. The number of rotatable bonds is 10. The number of carbonyl (C=O) groups is 2. The van der Waals surface area contributed by atoms with E-state index in [1.807, 2.05) is 74.5 Å². The molecule has 0 radical (unpaired) electrons. The van der Waals surface area contributed by atoms with Crippen molar-refractivity contribution >= 4 is 11.8 Å². The van der Waals surface area contributed by atoms with Gasteiger partial charge in [0.1, 0.15) is 0 Å². The largest absolute Gasteiger partial charge is 0.356 e. The van der Waals surface area contributed by atoms with Gasteiger partial charge < -0.3 is 10.6 Å². The van der Waals surface area contributed by atoms with Crippen molar-refractivity contribution in [2.45, 2.75) is 44.9 Å². The lowest BCUT2D eigenvalue weighted by Gasteiger charge is -2.17. The molecular weight excluding hydrogens is 336 g/mol. The Bertz CT molecular complexity index is 639. The fourth-order valence-electron chi connectivity index (χ4n) is 3.27. The van der Waals surface area contributed by atoms with Crippen LogP contribution in [0.15, 0.2) is 60.7 Å². The lowest BCUT2D eigenvalue weighted by Crippen LogP contribution is -2.34. The van der Waals surface area contributed by atoms with Gasteiger partial charge in [-0.15, -0.1) is 0 Å². The molecule has 2 atom stereocenters. The highest BCUT2D eigenvalue weighted by Gasteiger charge is 2.19. The second kappa shape index (κ2) is 11.2. The smallest absolute Gasteiger partial charge is 0.227 e. The minimum atomic E-state index is -0.122. The zero-order chi connectivity index (χ0) is 19.5. The van der Waals surface area contributed by atoms with E-state index in [4.69, 9.17) is 0 Å². The Hall–Kier alpha value is -2.62. The first-order chi connectivity index (χ1) is 13.2. The maximum Gasteiger partial charge on any atom is 0.227 e. The van der Waals surface area contributed by atoms with Gasteiger partial charge in [0.25, 0.3) is 0 Å². The third-order valence-corrected chi connectivity index (χ3v) is 4.81. The van der Waals surface area contributed by atoms with E-state index < -0.39 is 0 Å². The summed E-state index contributed by atoms with van der Waals surface area (Å²) in [6.07, 6.45) is 2.25. The number of benzene rings is 2. The third-order valence-electron chi connectivity index (χ3n) is 4.81. The van der Waals surface area contributed by atoms with Crippen LogP contribution in [0.25, 0.3) is 0 Å². The molecule has 0 heterocycles. The molecule has 0 bridgehead atoms. The van der Waals surface area contributed by atoms with Gasteiger partial charge in [-0.05, 0) is 30.4 Å².